The van der Waals surface area contributed by atoms with Gasteiger partial charge in [0.25, 0.3) is 0 Å². The fraction of sp³-hybridized carbons (Fsp3) is 0.167. The molecular weight excluding hydrogens is 190 g/mol. The van der Waals surface area contributed by atoms with Crippen molar-refractivity contribution in [1.29, 1.82) is 0 Å². The normalized spacial score (nSPS) is 13.9. The van der Waals surface area contributed by atoms with E-state index in [1.807, 2.05) is 47.3 Å². The zero-order valence-corrected chi connectivity index (χ0v) is 8.22. The summed E-state index contributed by atoms with van der Waals surface area (Å²) >= 11 is 0. The Morgan fingerprint density at radius 1 is 0.933 bits per heavy atom. The largest absolute Gasteiger partial charge is 0.486 e. The van der Waals surface area contributed by atoms with Gasteiger partial charge in [0.05, 0.1) is 0 Å². The molecule has 1 aliphatic rings. The van der Waals surface area contributed by atoms with Gasteiger partial charge >= 0.3 is 0 Å². The molecule has 0 amide bonds. The van der Waals surface area contributed by atoms with Crippen LogP contribution in [0, 0.1) is 0 Å². The molecule has 0 fully saturated rings. The van der Waals surface area contributed by atoms with E-state index >= 15 is 0 Å². The van der Waals surface area contributed by atoms with Gasteiger partial charge in [-0.05, 0) is 24.3 Å². The van der Waals surface area contributed by atoms with E-state index in [0.717, 1.165) is 17.2 Å². The van der Waals surface area contributed by atoms with Crippen molar-refractivity contribution in [2.24, 2.45) is 0 Å². The van der Waals surface area contributed by atoms with E-state index in [1.54, 1.807) is 0 Å². The van der Waals surface area contributed by atoms with Crippen molar-refractivity contribution in [2.75, 3.05) is 13.2 Å². The lowest BCUT2D eigenvalue weighted by Gasteiger charge is -2.19. The van der Waals surface area contributed by atoms with Gasteiger partial charge in [0.1, 0.15) is 13.2 Å². The SMILES string of the molecule is c1ccn(-c2ccc3c(c2)OCCO3)c1. The molecule has 0 atom stereocenters. The summed E-state index contributed by atoms with van der Waals surface area (Å²) in [5.41, 5.74) is 1.09. The lowest BCUT2D eigenvalue weighted by molar-refractivity contribution is 0.171. The molecule has 2 heterocycles. The first kappa shape index (κ1) is 8.41. The zero-order chi connectivity index (χ0) is 10.1. The number of aromatic nitrogens is 1. The van der Waals surface area contributed by atoms with Crippen LogP contribution < -0.4 is 9.47 Å². The van der Waals surface area contributed by atoms with Gasteiger partial charge in [0, 0.05) is 24.1 Å². The topological polar surface area (TPSA) is 23.4 Å². The van der Waals surface area contributed by atoms with E-state index in [0.29, 0.717) is 13.2 Å². The van der Waals surface area contributed by atoms with Gasteiger partial charge in [-0.15, -0.1) is 0 Å². The van der Waals surface area contributed by atoms with E-state index in [2.05, 4.69) is 0 Å². The van der Waals surface area contributed by atoms with Crippen LogP contribution in [-0.4, -0.2) is 17.8 Å². The molecule has 0 saturated carbocycles. The van der Waals surface area contributed by atoms with Crippen molar-refractivity contribution in [3.63, 3.8) is 0 Å². The maximum absolute atomic E-state index is 5.52. The molecule has 76 valence electrons. The standard InChI is InChI=1S/C12H11NO2/c1-2-6-13(5-1)10-3-4-11-12(9-10)15-8-7-14-11/h1-6,9H,7-8H2. The molecular formula is C12H11NO2. The number of hydrogen-bond acceptors (Lipinski definition) is 2. The first-order valence-corrected chi connectivity index (χ1v) is 4.96. The van der Waals surface area contributed by atoms with Gasteiger partial charge in [-0.2, -0.15) is 0 Å². The van der Waals surface area contributed by atoms with Crippen molar-refractivity contribution in [3.8, 4) is 17.2 Å². The van der Waals surface area contributed by atoms with Crippen LogP contribution in [0.3, 0.4) is 0 Å². The van der Waals surface area contributed by atoms with Gasteiger partial charge in [0.15, 0.2) is 11.5 Å². The van der Waals surface area contributed by atoms with Gasteiger partial charge in [-0.3, -0.25) is 0 Å². The van der Waals surface area contributed by atoms with Crippen LogP contribution >= 0.6 is 0 Å². The first-order chi connectivity index (χ1) is 7.43. The first-order valence-electron chi connectivity index (χ1n) is 4.96. The maximum Gasteiger partial charge on any atom is 0.163 e. The summed E-state index contributed by atoms with van der Waals surface area (Å²) in [6.07, 6.45) is 4.01. The van der Waals surface area contributed by atoms with Crippen LogP contribution in [0.1, 0.15) is 0 Å². The number of fused-ring (bicyclic) bond motifs is 1. The Balaban J connectivity index is 2.04. The van der Waals surface area contributed by atoms with Crippen molar-refractivity contribution in [2.45, 2.75) is 0 Å². The number of rotatable bonds is 1. The fourth-order valence-electron chi connectivity index (χ4n) is 1.70. The Kier molecular flexibility index (Phi) is 1.88. The summed E-state index contributed by atoms with van der Waals surface area (Å²) in [6, 6.07) is 9.96. The molecule has 0 saturated heterocycles. The van der Waals surface area contributed by atoms with Crippen LogP contribution in [0.25, 0.3) is 5.69 Å². The molecule has 15 heavy (non-hydrogen) atoms. The molecule has 0 radical (unpaired) electrons. The average molecular weight is 201 g/mol. The van der Waals surface area contributed by atoms with Crippen LogP contribution in [0.15, 0.2) is 42.7 Å². The minimum atomic E-state index is 0.627. The summed E-state index contributed by atoms with van der Waals surface area (Å²) < 4.78 is 13.0. The number of nitrogens with zero attached hydrogens (tertiary/aromatic N) is 1. The second kappa shape index (κ2) is 3.35. The van der Waals surface area contributed by atoms with E-state index in [9.17, 15) is 0 Å². The Bertz CT molecular complexity index is 462. The van der Waals surface area contributed by atoms with E-state index < -0.39 is 0 Å². The summed E-state index contributed by atoms with van der Waals surface area (Å²) in [5, 5.41) is 0. The predicted octanol–water partition coefficient (Wildman–Crippen LogP) is 2.25. The number of hydrogen-bond donors (Lipinski definition) is 0. The number of benzene rings is 1. The number of ether oxygens (including phenoxy) is 2. The third-order valence-electron chi connectivity index (χ3n) is 2.43. The van der Waals surface area contributed by atoms with Gasteiger partial charge < -0.3 is 14.0 Å². The lowest BCUT2D eigenvalue weighted by atomic mass is 10.2. The molecule has 0 bridgehead atoms. The van der Waals surface area contributed by atoms with Gasteiger partial charge in [-0.25, -0.2) is 0 Å². The molecule has 0 aliphatic carbocycles. The van der Waals surface area contributed by atoms with Crippen LogP contribution in [0.2, 0.25) is 0 Å². The molecule has 0 N–H and O–H groups in total. The smallest absolute Gasteiger partial charge is 0.163 e. The second-order valence-corrected chi connectivity index (χ2v) is 3.42. The molecule has 0 spiro atoms. The van der Waals surface area contributed by atoms with Crippen molar-refractivity contribution in [3.05, 3.63) is 42.7 Å². The summed E-state index contributed by atoms with van der Waals surface area (Å²) in [6.45, 7) is 1.26. The highest BCUT2D eigenvalue weighted by molar-refractivity contribution is 5.49. The highest BCUT2D eigenvalue weighted by atomic mass is 16.6. The fourth-order valence-corrected chi connectivity index (χ4v) is 1.70. The Morgan fingerprint density at radius 3 is 2.47 bits per heavy atom. The Morgan fingerprint density at radius 2 is 1.67 bits per heavy atom. The average Bonchev–Trinajstić information content (AvgIpc) is 2.82. The van der Waals surface area contributed by atoms with Crippen molar-refractivity contribution in [1.82, 2.24) is 4.57 Å². The third kappa shape index (κ3) is 1.46. The quantitative estimate of drug-likeness (QED) is 0.706. The predicted molar refractivity (Wildman–Crippen MR) is 56.8 cm³/mol. The Labute approximate surface area is 87.9 Å². The molecule has 0 unspecified atom stereocenters. The molecule has 3 nitrogen and oxygen atoms in total. The summed E-state index contributed by atoms with van der Waals surface area (Å²) in [5.74, 6) is 1.66. The highest BCUT2D eigenvalue weighted by Gasteiger charge is 2.11. The van der Waals surface area contributed by atoms with Crippen molar-refractivity contribution < 1.29 is 9.47 Å². The molecule has 1 aromatic heterocycles. The van der Waals surface area contributed by atoms with Crippen LogP contribution in [-0.2, 0) is 0 Å². The van der Waals surface area contributed by atoms with E-state index in [1.165, 1.54) is 0 Å². The molecule has 3 rings (SSSR count). The van der Waals surface area contributed by atoms with Gasteiger partial charge in [-0.1, -0.05) is 0 Å². The molecule has 1 aromatic carbocycles. The monoisotopic (exact) mass is 201 g/mol. The Hall–Kier alpha value is -1.90. The zero-order valence-electron chi connectivity index (χ0n) is 8.22. The highest BCUT2D eigenvalue weighted by Crippen LogP contribution is 2.31. The molecule has 1 aliphatic heterocycles. The molecule has 2 aromatic rings. The minimum Gasteiger partial charge on any atom is -0.486 e. The van der Waals surface area contributed by atoms with Crippen LogP contribution in [0.4, 0.5) is 0 Å². The second-order valence-electron chi connectivity index (χ2n) is 3.42. The van der Waals surface area contributed by atoms with Crippen LogP contribution in [0.5, 0.6) is 11.5 Å². The minimum absolute atomic E-state index is 0.627. The maximum atomic E-state index is 5.52. The third-order valence-corrected chi connectivity index (χ3v) is 2.43. The summed E-state index contributed by atoms with van der Waals surface area (Å²) in [7, 11) is 0. The molecule has 3 heteroatoms. The van der Waals surface area contributed by atoms with E-state index in [-0.39, 0.29) is 0 Å². The van der Waals surface area contributed by atoms with Gasteiger partial charge in [0.2, 0.25) is 0 Å². The van der Waals surface area contributed by atoms with E-state index in [4.69, 9.17) is 9.47 Å². The summed E-state index contributed by atoms with van der Waals surface area (Å²) in [4.78, 5) is 0. The van der Waals surface area contributed by atoms with Crippen molar-refractivity contribution >= 4 is 0 Å². The lowest BCUT2D eigenvalue weighted by Crippen LogP contribution is -2.15.